The summed E-state index contributed by atoms with van der Waals surface area (Å²) in [7, 11) is 2.23. The molecule has 1 aromatic rings. The molecule has 9 heteroatoms. The second-order valence-corrected chi connectivity index (χ2v) is 5.68. The Morgan fingerprint density at radius 2 is 1.83 bits per heavy atom. The molecule has 1 unspecified atom stereocenters. The molecule has 1 N–H and O–H groups in total. The van der Waals surface area contributed by atoms with E-state index in [-0.39, 0.29) is 26.2 Å². The van der Waals surface area contributed by atoms with Crippen LogP contribution in [0.4, 0.5) is 0 Å². The van der Waals surface area contributed by atoms with Gasteiger partial charge in [0.05, 0.1) is 29.3 Å². The zero-order valence-electron chi connectivity index (χ0n) is 12.4. The van der Waals surface area contributed by atoms with Gasteiger partial charge in [0.15, 0.2) is 5.57 Å². The first kappa shape index (κ1) is 18.4. The van der Waals surface area contributed by atoms with Crippen LogP contribution in [-0.4, -0.2) is 37.4 Å². The fourth-order valence-corrected chi connectivity index (χ4v) is 2.86. The number of rotatable bonds is 3. The summed E-state index contributed by atoms with van der Waals surface area (Å²) in [4.78, 5) is 23.9. The standard InChI is InChI=1S/C15H11Cl3O6/c1-22-13(19)9-11(18)8(6-4-3-5-7(16)10(6)17)12(15(21)23-2)24-14(9)20/h3-5,12,20H,1-2H3. The van der Waals surface area contributed by atoms with Crippen LogP contribution < -0.4 is 0 Å². The van der Waals surface area contributed by atoms with Crippen LogP contribution in [0, 0.1) is 0 Å². The highest BCUT2D eigenvalue weighted by Gasteiger charge is 2.40. The predicted octanol–water partition coefficient (Wildman–Crippen LogP) is 3.46. The minimum atomic E-state index is -1.44. The zero-order valence-corrected chi connectivity index (χ0v) is 14.7. The number of aliphatic hydroxyl groups is 1. The van der Waals surface area contributed by atoms with Gasteiger partial charge < -0.3 is 19.3 Å². The van der Waals surface area contributed by atoms with Crippen LogP contribution in [0.1, 0.15) is 5.56 Å². The summed E-state index contributed by atoms with van der Waals surface area (Å²) in [5.41, 5.74) is -0.168. The Hall–Kier alpha value is -1.89. The minimum absolute atomic E-state index is 0.0224. The molecule has 2 rings (SSSR count). The number of hydrogen-bond donors (Lipinski definition) is 1. The van der Waals surface area contributed by atoms with E-state index in [0.717, 1.165) is 14.2 Å². The van der Waals surface area contributed by atoms with Gasteiger partial charge in [-0.2, -0.15) is 0 Å². The molecule has 24 heavy (non-hydrogen) atoms. The number of esters is 2. The van der Waals surface area contributed by atoms with E-state index in [1.54, 1.807) is 6.07 Å². The number of carbonyl (C=O) groups excluding carboxylic acids is 2. The smallest absolute Gasteiger partial charge is 0.352 e. The fraction of sp³-hybridized carbons (Fsp3) is 0.200. The van der Waals surface area contributed by atoms with E-state index in [1.165, 1.54) is 12.1 Å². The summed E-state index contributed by atoms with van der Waals surface area (Å²) in [6, 6.07) is 4.64. The molecule has 1 aromatic carbocycles. The lowest BCUT2D eigenvalue weighted by molar-refractivity contribution is -0.151. The molecule has 1 aliphatic rings. The van der Waals surface area contributed by atoms with Crippen molar-refractivity contribution in [1.82, 2.24) is 0 Å². The van der Waals surface area contributed by atoms with Gasteiger partial charge in [-0.3, -0.25) is 0 Å². The Bertz CT molecular complexity index is 768. The van der Waals surface area contributed by atoms with E-state index in [1.807, 2.05) is 0 Å². The quantitative estimate of drug-likeness (QED) is 0.792. The van der Waals surface area contributed by atoms with Crippen molar-refractivity contribution in [2.45, 2.75) is 6.10 Å². The number of aliphatic hydroxyl groups excluding tert-OH is 1. The first-order chi connectivity index (χ1) is 11.3. The van der Waals surface area contributed by atoms with Crippen molar-refractivity contribution in [1.29, 1.82) is 0 Å². The number of hydrogen-bond acceptors (Lipinski definition) is 6. The lowest BCUT2D eigenvalue weighted by Gasteiger charge is -2.26. The predicted molar refractivity (Wildman–Crippen MR) is 87.8 cm³/mol. The summed E-state index contributed by atoms with van der Waals surface area (Å²) >= 11 is 18.4. The Kier molecular flexibility index (Phi) is 5.64. The normalized spacial score (nSPS) is 17.5. The van der Waals surface area contributed by atoms with Crippen molar-refractivity contribution in [2.24, 2.45) is 0 Å². The number of halogens is 3. The summed E-state index contributed by atoms with van der Waals surface area (Å²) < 4.78 is 14.3. The van der Waals surface area contributed by atoms with E-state index in [9.17, 15) is 14.7 Å². The van der Waals surface area contributed by atoms with Crippen molar-refractivity contribution >= 4 is 52.3 Å². The first-order valence-corrected chi connectivity index (χ1v) is 7.57. The molecule has 1 aliphatic heterocycles. The Morgan fingerprint density at radius 3 is 2.42 bits per heavy atom. The van der Waals surface area contributed by atoms with Crippen molar-refractivity contribution in [2.75, 3.05) is 14.2 Å². The molecule has 0 radical (unpaired) electrons. The van der Waals surface area contributed by atoms with Gasteiger partial charge in [-0.25, -0.2) is 9.59 Å². The van der Waals surface area contributed by atoms with E-state index in [2.05, 4.69) is 9.47 Å². The second kappa shape index (κ2) is 7.34. The molecule has 1 heterocycles. The van der Waals surface area contributed by atoms with Crippen LogP contribution in [-0.2, 0) is 23.8 Å². The van der Waals surface area contributed by atoms with Gasteiger partial charge in [0.1, 0.15) is 0 Å². The van der Waals surface area contributed by atoms with E-state index >= 15 is 0 Å². The minimum Gasteiger partial charge on any atom is -0.480 e. The highest BCUT2D eigenvalue weighted by atomic mass is 35.5. The molecule has 128 valence electrons. The van der Waals surface area contributed by atoms with Crippen molar-refractivity contribution < 1.29 is 28.9 Å². The van der Waals surface area contributed by atoms with Gasteiger partial charge in [0.25, 0.3) is 5.95 Å². The van der Waals surface area contributed by atoms with Gasteiger partial charge in [-0.1, -0.05) is 46.9 Å². The van der Waals surface area contributed by atoms with Gasteiger partial charge in [0, 0.05) is 11.1 Å². The summed E-state index contributed by atoms with van der Waals surface area (Å²) in [5.74, 6) is -2.66. The van der Waals surface area contributed by atoms with Crippen molar-refractivity contribution in [3.63, 3.8) is 0 Å². The molecular weight excluding hydrogens is 383 g/mol. The van der Waals surface area contributed by atoms with E-state index in [0.29, 0.717) is 0 Å². The number of ether oxygens (including phenoxy) is 3. The van der Waals surface area contributed by atoms with Gasteiger partial charge >= 0.3 is 11.9 Å². The molecule has 0 spiro atoms. The third kappa shape index (κ3) is 3.17. The van der Waals surface area contributed by atoms with Gasteiger partial charge in [-0.05, 0) is 6.07 Å². The third-order valence-corrected chi connectivity index (χ3v) is 4.42. The molecule has 0 saturated heterocycles. The lowest BCUT2D eigenvalue weighted by Crippen LogP contribution is -2.32. The summed E-state index contributed by atoms with van der Waals surface area (Å²) in [5, 5.41) is 9.95. The highest BCUT2D eigenvalue weighted by Crippen LogP contribution is 2.42. The Balaban J connectivity index is 2.75. The van der Waals surface area contributed by atoms with Crippen LogP contribution >= 0.6 is 34.8 Å². The molecule has 0 fully saturated rings. The number of carbonyl (C=O) groups is 2. The maximum Gasteiger partial charge on any atom is 0.352 e. The van der Waals surface area contributed by atoms with Crippen LogP contribution in [0.25, 0.3) is 5.57 Å². The molecule has 6 nitrogen and oxygen atoms in total. The van der Waals surface area contributed by atoms with Gasteiger partial charge in [-0.15, -0.1) is 0 Å². The van der Waals surface area contributed by atoms with E-state index < -0.39 is 29.6 Å². The molecular formula is C15H11Cl3O6. The fourth-order valence-electron chi connectivity index (χ4n) is 2.10. The first-order valence-electron chi connectivity index (χ1n) is 6.43. The molecule has 1 atom stereocenters. The molecule has 0 amide bonds. The Labute approximate surface area is 152 Å². The van der Waals surface area contributed by atoms with Crippen LogP contribution in [0.3, 0.4) is 0 Å². The largest absolute Gasteiger partial charge is 0.480 e. The average molecular weight is 394 g/mol. The monoisotopic (exact) mass is 392 g/mol. The summed E-state index contributed by atoms with van der Waals surface area (Å²) in [6.07, 6.45) is -1.44. The molecule has 0 aromatic heterocycles. The second-order valence-electron chi connectivity index (χ2n) is 4.52. The van der Waals surface area contributed by atoms with Gasteiger partial charge in [0.2, 0.25) is 6.10 Å². The highest BCUT2D eigenvalue weighted by molar-refractivity contribution is 6.44. The molecule has 0 aliphatic carbocycles. The van der Waals surface area contributed by atoms with Crippen molar-refractivity contribution in [3.8, 4) is 0 Å². The molecule has 0 saturated carbocycles. The average Bonchev–Trinajstić information content (AvgIpc) is 2.56. The Morgan fingerprint density at radius 1 is 1.17 bits per heavy atom. The van der Waals surface area contributed by atoms with Crippen LogP contribution in [0.5, 0.6) is 0 Å². The zero-order chi connectivity index (χ0) is 18.0. The summed E-state index contributed by atoms with van der Waals surface area (Å²) in [6.45, 7) is 0. The maximum atomic E-state index is 12.0. The van der Waals surface area contributed by atoms with Crippen LogP contribution in [0.2, 0.25) is 10.0 Å². The molecule has 0 bridgehead atoms. The van der Waals surface area contributed by atoms with Crippen molar-refractivity contribution in [3.05, 3.63) is 50.4 Å². The number of benzene rings is 1. The maximum absolute atomic E-state index is 12.0. The SMILES string of the molecule is COC(=O)C1=C(O)OC(C(=O)OC)C(c2cccc(Cl)c2Cl)=C1Cl. The lowest BCUT2D eigenvalue weighted by atomic mass is 9.95. The topological polar surface area (TPSA) is 82.1 Å². The third-order valence-electron chi connectivity index (χ3n) is 3.21. The number of methoxy groups -OCH3 is 2. The van der Waals surface area contributed by atoms with E-state index in [4.69, 9.17) is 39.5 Å². The van der Waals surface area contributed by atoms with Crippen LogP contribution in [0.15, 0.2) is 34.7 Å².